The minimum Gasteiger partial charge on any atom is -0.489 e. The Morgan fingerprint density at radius 1 is 0.857 bits per heavy atom. The van der Waals surface area contributed by atoms with Crippen LogP contribution in [0.2, 0.25) is 0 Å². The van der Waals surface area contributed by atoms with Crippen LogP contribution in [0.1, 0.15) is 67.3 Å². The van der Waals surface area contributed by atoms with E-state index in [9.17, 15) is 4.39 Å². The highest BCUT2D eigenvalue weighted by atomic mass is 19.1. The van der Waals surface area contributed by atoms with Crippen molar-refractivity contribution in [3.63, 3.8) is 0 Å². The molecule has 216 valence electrons. The standard InChI is InChI=1S/C37H39FN2O2/c1-27-35-24-34(41-26-30-10-6-5-7-11-30)20-21-36(35)40(37(27)31-14-16-32(38)17-15-31)25-29-12-18-33(19-13-29)42-28(2)39-22-8-3-4-9-23-39/h5-8,10-22,24,27-28,37H,3-4,9,23,25-26H2,1-2H3. The molecule has 2 heterocycles. The first-order chi connectivity index (χ1) is 20.5. The van der Waals surface area contributed by atoms with Crippen LogP contribution in [0.25, 0.3) is 0 Å². The van der Waals surface area contributed by atoms with E-state index in [4.69, 9.17) is 9.47 Å². The SMILES string of the molecule is CC1c2cc(OCc3ccccc3)ccc2N(Cc2ccc(OC(C)N3C=CCCCC3)cc2)C1c1ccc(F)cc1. The molecular formula is C37H39FN2O2. The fourth-order valence-electron chi connectivity index (χ4n) is 6.17. The molecule has 5 heteroatoms. The minimum atomic E-state index is -0.217. The minimum absolute atomic E-state index is 0.0160. The van der Waals surface area contributed by atoms with Crippen molar-refractivity contribution in [2.45, 2.75) is 64.4 Å². The Hall–Kier alpha value is -4.25. The zero-order valence-electron chi connectivity index (χ0n) is 24.5. The summed E-state index contributed by atoms with van der Waals surface area (Å²) in [6.45, 7) is 6.64. The fraction of sp³-hybridized carbons (Fsp3) is 0.297. The van der Waals surface area contributed by atoms with Crippen molar-refractivity contribution < 1.29 is 13.9 Å². The van der Waals surface area contributed by atoms with E-state index in [0.29, 0.717) is 6.61 Å². The molecule has 4 nitrogen and oxygen atoms in total. The van der Waals surface area contributed by atoms with Gasteiger partial charge in [0.25, 0.3) is 0 Å². The molecule has 0 N–H and O–H groups in total. The maximum atomic E-state index is 13.9. The van der Waals surface area contributed by atoms with Crippen molar-refractivity contribution in [2.24, 2.45) is 0 Å². The third kappa shape index (κ3) is 6.30. The number of benzene rings is 4. The Labute approximate surface area is 249 Å². The van der Waals surface area contributed by atoms with Gasteiger partial charge >= 0.3 is 0 Å². The largest absolute Gasteiger partial charge is 0.489 e. The maximum Gasteiger partial charge on any atom is 0.169 e. The fourth-order valence-corrected chi connectivity index (χ4v) is 6.17. The normalized spacial score (nSPS) is 18.8. The summed E-state index contributed by atoms with van der Waals surface area (Å²) in [6.07, 6.45) is 7.94. The Balaban J connectivity index is 1.22. The van der Waals surface area contributed by atoms with E-state index in [-0.39, 0.29) is 24.0 Å². The summed E-state index contributed by atoms with van der Waals surface area (Å²) in [7, 11) is 0. The van der Waals surface area contributed by atoms with Crippen LogP contribution in [0.5, 0.6) is 11.5 Å². The number of rotatable bonds is 9. The molecule has 2 aliphatic heterocycles. The first kappa shape index (κ1) is 27.9. The molecule has 0 radical (unpaired) electrons. The number of halogens is 1. The highest BCUT2D eigenvalue weighted by molar-refractivity contribution is 5.65. The number of fused-ring (bicyclic) bond motifs is 1. The maximum absolute atomic E-state index is 13.9. The van der Waals surface area contributed by atoms with Crippen LogP contribution in [0.4, 0.5) is 10.1 Å². The second kappa shape index (κ2) is 12.7. The third-order valence-corrected chi connectivity index (χ3v) is 8.45. The van der Waals surface area contributed by atoms with Crippen molar-refractivity contribution in [1.29, 1.82) is 0 Å². The topological polar surface area (TPSA) is 24.9 Å². The summed E-state index contributed by atoms with van der Waals surface area (Å²) < 4.78 is 26.3. The first-order valence-corrected chi connectivity index (χ1v) is 15.1. The molecule has 0 aliphatic carbocycles. The predicted molar refractivity (Wildman–Crippen MR) is 167 cm³/mol. The van der Waals surface area contributed by atoms with Gasteiger partial charge in [-0.05, 0) is 97.1 Å². The van der Waals surface area contributed by atoms with Crippen LogP contribution in [-0.4, -0.2) is 17.7 Å². The molecule has 0 fully saturated rings. The Kier molecular flexibility index (Phi) is 8.45. The van der Waals surface area contributed by atoms with Crippen LogP contribution in [0, 0.1) is 5.82 Å². The van der Waals surface area contributed by atoms with Crippen LogP contribution < -0.4 is 14.4 Å². The van der Waals surface area contributed by atoms with Gasteiger partial charge in [-0.1, -0.05) is 67.6 Å². The highest BCUT2D eigenvalue weighted by Gasteiger charge is 2.37. The van der Waals surface area contributed by atoms with Gasteiger partial charge in [-0.2, -0.15) is 0 Å². The van der Waals surface area contributed by atoms with Crippen molar-refractivity contribution in [1.82, 2.24) is 4.90 Å². The molecule has 0 bridgehead atoms. The molecular weight excluding hydrogens is 523 g/mol. The highest BCUT2D eigenvalue weighted by Crippen LogP contribution is 2.50. The van der Waals surface area contributed by atoms with Gasteiger partial charge in [0.2, 0.25) is 0 Å². The van der Waals surface area contributed by atoms with Crippen molar-refractivity contribution in [3.8, 4) is 11.5 Å². The summed E-state index contributed by atoms with van der Waals surface area (Å²) in [4.78, 5) is 4.71. The average Bonchev–Trinajstić information content (AvgIpc) is 3.17. The van der Waals surface area contributed by atoms with E-state index in [1.807, 2.05) is 30.3 Å². The zero-order valence-corrected chi connectivity index (χ0v) is 24.5. The smallest absolute Gasteiger partial charge is 0.169 e. The van der Waals surface area contributed by atoms with Crippen LogP contribution in [-0.2, 0) is 13.2 Å². The molecule has 2 aliphatic rings. The molecule has 3 unspecified atom stereocenters. The van der Waals surface area contributed by atoms with Crippen molar-refractivity contribution in [3.05, 3.63) is 137 Å². The molecule has 0 aromatic heterocycles. The van der Waals surface area contributed by atoms with E-state index in [1.165, 1.54) is 29.7 Å². The molecule has 0 saturated carbocycles. The molecule has 3 atom stereocenters. The number of ether oxygens (including phenoxy) is 2. The average molecular weight is 563 g/mol. The van der Waals surface area contributed by atoms with Gasteiger partial charge in [-0.25, -0.2) is 4.39 Å². The van der Waals surface area contributed by atoms with E-state index in [0.717, 1.165) is 42.1 Å². The van der Waals surface area contributed by atoms with Gasteiger partial charge in [-0.3, -0.25) is 0 Å². The molecule has 0 saturated heterocycles. The van der Waals surface area contributed by atoms with Gasteiger partial charge < -0.3 is 19.3 Å². The Morgan fingerprint density at radius 2 is 1.62 bits per heavy atom. The first-order valence-electron chi connectivity index (χ1n) is 15.1. The van der Waals surface area contributed by atoms with Crippen LogP contribution in [0.15, 0.2) is 109 Å². The summed E-state index contributed by atoms with van der Waals surface area (Å²) in [5.41, 5.74) is 5.87. The predicted octanol–water partition coefficient (Wildman–Crippen LogP) is 8.99. The van der Waals surface area contributed by atoms with Gasteiger partial charge in [0.1, 0.15) is 23.9 Å². The van der Waals surface area contributed by atoms with E-state index >= 15 is 0 Å². The molecule has 4 aromatic carbocycles. The third-order valence-electron chi connectivity index (χ3n) is 8.45. The number of allylic oxidation sites excluding steroid dienone is 1. The molecule has 0 amide bonds. The van der Waals surface area contributed by atoms with Gasteiger partial charge in [0.15, 0.2) is 6.23 Å². The number of hydrogen-bond donors (Lipinski definition) is 0. The van der Waals surface area contributed by atoms with Crippen molar-refractivity contribution in [2.75, 3.05) is 11.4 Å². The van der Waals surface area contributed by atoms with E-state index < -0.39 is 0 Å². The monoisotopic (exact) mass is 562 g/mol. The van der Waals surface area contributed by atoms with Crippen LogP contribution >= 0.6 is 0 Å². The number of hydrogen-bond acceptors (Lipinski definition) is 4. The number of anilines is 1. The lowest BCUT2D eigenvalue weighted by molar-refractivity contribution is 0.0778. The second-order valence-electron chi connectivity index (χ2n) is 11.4. The quantitative estimate of drug-likeness (QED) is 0.203. The lowest BCUT2D eigenvalue weighted by atomic mass is 9.91. The van der Waals surface area contributed by atoms with Crippen LogP contribution in [0.3, 0.4) is 0 Å². The number of nitrogens with zero attached hydrogens (tertiary/aromatic N) is 2. The van der Waals surface area contributed by atoms with E-state index in [2.05, 4.69) is 90.5 Å². The lowest BCUT2D eigenvalue weighted by Crippen LogP contribution is -2.33. The summed E-state index contributed by atoms with van der Waals surface area (Å²) >= 11 is 0. The van der Waals surface area contributed by atoms with Gasteiger partial charge in [0, 0.05) is 24.7 Å². The molecule has 0 spiro atoms. The van der Waals surface area contributed by atoms with Gasteiger partial charge in [0.05, 0.1) is 6.04 Å². The molecule has 42 heavy (non-hydrogen) atoms. The van der Waals surface area contributed by atoms with Gasteiger partial charge in [-0.15, -0.1) is 0 Å². The van der Waals surface area contributed by atoms with E-state index in [1.54, 1.807) is 12.1 Å². The molecule has 6 rings (SSSR count). The summed E-state index contributed by atoms with van der Waals surface area (Å²) in [5, 5.41) is 0. The summed E-state index contributed by atoms with van der Waals surface area (Å²) in [5.74, 6) is 1.72. The lowest BCUT2D eigenvalue weighted by Gasteiger charge is -2.30. The second-order valence-corrected chi connectivity index (χ2v) is 11.4. The Bertz CT molecular complexity index is 1490. The Morgan fingerprint density at radius 3 is 2.40 bits per heavy atom. The molecule has 4 aromatic rings. The van der Waals surface area contributed by atoms with Crippen molar-refractivity contribution >= 4 is 5.69 Å². The zero-order chi connectivity index (χ0) is 28.9. The summed E-state index contributed by atoms with van der Waals surface area (Å²) in [6, 6.07) is 32.1.